The molecule has 0 radical (unpaired) electrons. The topological polar surface area (TPSA) is 21.3 Å². The molecule has 1 N–H and O–H groups in total. The Hall–Kier alpha value is -0.280. The summed E-state index contributed by atoms with van der Waals surface area (Å²) in [4.78, 5) is 0. The molecule has 1 aromatic rings. The minimum absolute atomic E-state index is 0.0373. The van der Waals surface area contributed by atoms with Gasteiger partial charge in [0, 0.05) is 29.3 Å². The molecule has 0 aliphatic carbocycles. The summed E-state index contributed by atoms with van der Waals surface area (Å²) in [6.45, 7) is 0.720. The molecule has 1 rings (SSSR count). The van der Waals surface area contributed by atoms with Crippen LogP contribution in [0.3, 0.4) is 0 Å². The van der Waals surface area contributed by atoms with Crippen LogP contribution >= 0.6 is 23.2 Å². The summed E-state index contributed by atoms with van der Waals surface area (Å²) >= 11 is 11.8. The second-order valence-corrected chi connectivity index (χ2v) is 3.79. The van der Waals surface area contributed by atoms with Gasteiger partial charge in [0.15, 0.2) is 0 Å². The zero-order valence-corrected chi connectivity index (χ0v) is 9.69. The van der Waals surface area contributed by atoms with Crippen molar-refractivity contribution in [1.29, 1.82) is 0 Å². The smallest absolute Gasteiger partial charge is 0.0959 e. The van der Waals surface area contributed by atoms with Crippen molar-refractivity contribution in [2.75, 3.05) is 20.7 Å². The lowest BCUT2D eigenvalue weighted by molar-refractivity contribution is 0.104. The molecule has 0 bridgehead atoms. The highest BCUT2D eigenvalue weighted by atomic mass is 35.5. The van der Waals surface area contributed by atoms with Crippen molar-refractivity contribution in [3.05, 3.63) is 33.8 Å². The first-order chi connectivity index (χ1) is 6.69. The first kappa shape index (κ1) is 11.8. The summed E-state index contributed by atoms with van der Waals surface area (Å²) in [5, 5.41) is 4.32. The van der Waals surface area contributed by atoms with Gasteiger partial charge >= 0.3 is 0 Å². The van der Waals surface area contributed by atoms with E-state index in [2.05, 4.69) is 5.32 Å². The number of ether oxygens (including phenoxy) is 1. The van der Waals surface area contributed by atoms with Crippen LogP contribution < -0.4 is 5.32 Å². The Kier molecular flexibility index (Phi) is 4.69. The van der Waals surface area contributed by atoms with Crippen molar-refractivity contribution in [1.82, 2.24) is 5.32 Å². The summed E-state index contributed by atoms with van der Waals surface area (Å²) in [5.41, 5.74) is 0.952. The van der Waals surface area contributed by atoms with Gasteiger partial charge in [0.25, 0.3) is 0 Å². The monoisotopic (exact) mass is 233 g/mol. The quantitative estimate of drug-likeness (QED) is 0.864. The zero-order valence-electron chi connectivity index (χ0n) is 8.18. The Morgan fingerprint density at radius 1 is 1.43 bits per heavy atom. The van der Waals surface area contributed by atoms with Gasteiger partial charge in [-0.2, -0.15) is 0 Å². The molecule has 0 fully saturated rings. The molecular weight excluding hydrogens is 221 g/mol. The number of likely N-dealkylation sites (N-methyl/N-ethyl adjacent to an activating group) is 1. The van der Waals surface area contributed by atoms with Crippen LogP contribution in [-0.2, 0) is 4.74 Å². The number of nitrogens with one attached hydrogen (secondary N) is 1. The van der Waals surface area contributed by atoms with Crippen LogP contribution in [-0.4, -0.2) is 20.7 Å². The van der Waals surface area contributed by atoms with Crippen LogP contribution in [0, 0.1) is 0 Å². The molecule has 0 heterocycles. The number of rotatable bonds is 4. The first-order valence-corrected chi connectivity index (χ1v) is 5.07. The molecule has 1 unspecified atom stereocenters. The Morgan fingerprint density at radius 2 is 2.14 bits per heavy atom. The predicted octanol–water partition coefficient (Wildman–Crippen LogP) is 2.90. The van der Waals surface area contributed by atoms with Gasteiger partial charge in [-0.05, 0) is 19.2 Å². The normalized spacial score (nSPS) is 12.9. The van der Waals surface area contributed by atoms with Gasteiger partial charge in [0.1, 0.15) is 0 Å². The van der Waals surface area contributed by atoms with E-state index in [4.69, 9.17) is 27.9 Å². The Morgan fingerprint density at radius 3 is 2.64 bits per heavy atom. The molecule has 0 saturated carbocycles. The van der Waals surface area contributed by atoms with Crippen molar-refractivity contribution in [3.63, 3.8) is 0 Å². The zero-order chi connectivity index (χ0) is 10.6. The SMILES string of the molecule is CNCC(OC)c1ccc(Cl)cc1Cl. The molecule has 78 valence electrons. The highest BCUT2D eigenvalue weighted by Gasteiger charge is 2.12. The lowest BCUT2D eigenvalue weighted by Gasteiger charge is -2.16. The maximum Gasteiger partial charge on any atom is 0.0959 e. The van der Waals surface area contributed by atoms with E-state index in [9.17, 15) is 0 Å². The van der Waals surface area contributed by atoms with Gasteiger partial charge in [0.2, 0.25) is 0 Å². The van der Waals surface area contributed by atoms with Crippen molar-refractivity contribution < 1.29 is 4.74 Å². The average Bonchev–Trinajstić information content (AvgIpc) is 2.15. The molecule has 0 aliphatic heterocycles. The molecule has 0 spiro atoms. The number of hydrogen-bond donors (Lipinski definition) is 1. The predicted molar refractivity (Wildman–Crippen MR) is 60.1 cm³/mol. The van der Waals surface area contributed by atoms with E-state index in [1.54, 1.807) is 13.2 Å². The molecule has 0 aromatic heterocycles. The van der Waals surface area contributed by atoms with Gasteiger partial charge in [-0.1, -0.05) is 29.3 Å². The number of hydrogen-bond acceptors (Lipinski definition) is 2. The van der Waals surface area contributed by atoms with E-state index in [0.29, 0.717) is 10.0 Å². The fourth-order valence-corrected chi connectivity index (χ4v) is 1.80. The average molecular weight is 234 g/mol. The van der Waals surface area contributed by atoms with E-state index < -0.39 is 0 Å². The van der Waals surface area contributed by atoms with Crippen LogP contribution in [0.5, 0.6) is 0 Å². The summed E-state index contributed by atoms with van der Waals surface area (Å²) in [5.74, 6) is 0. The minimum Gasteiger partial charge on any atom is -0.375 e. The maximum absolute atomic E-state index is 6.05. The largest absolute Gasteiger partial charge is 0.375 e. The summed E-state index contributed by atoms with van der Waals surface area (Å²) in [6.07, 6.45) is -0.0373. The van der Waals surface area contributed by atoms with Crippen molar-refractivity contribution >= 4 is 23.2 Å². The molecule has 1 aromatic carbocycles. The lowest BCUT2D eigenvalue weighted by atomic mass is 10.1. The fourth-order valence-electron chi connectivity index (χ4n) is 1.27. The Balaban J connectivity index is 2.92. The van der Waals surface area contributed by atoms with Crippen LogP contribution in [0.15, 0.2) is 18.2 Å². The van der Waals surface area contributed by atoms with Crippen molar-refractivity contribution in [3.8, 4) is 0 Å². The van der Waals surface area contributed by atoms with E-state index in [1.807, 2.05) is 19.2 Å². The molecule has 1 atom stereocenters. The Labute approximate surface area is 94.2 Å². The van der Waals surface area contributed by atoms with Crippen molar-refractivity contribution in [2.24, 2.45) is 0 Å². The van der Waals surface area contributed by atoms with Gasteiger partial charge in [-0.3, -0.25) is 0 Å². The molecular formula is C10H13Cl2NO. The second-order valence-electron chi connectivity index (χ2n) is 2.95. The molecule has 0 saturated heterocycles. The Bertz CT molecular complexity index is 304. The molecule has 0 amide bonds. The van der Waals surface area contributed by atoms with Gasteiger partial charge in [0.05, 0.1) is 6.10 Å². The van der Waals surface area contributed by atoms with Gasteiger partial charge in [-0.25, -0.2) is 0 Å². The molecule has 2 nitrogen and oxygen atoms in total. The van der Waals surface area contributed by atoms with Crippen molar-refractivity contribution in [2.45, 2.75) is 6.10 Å². The highest BCUT2D eigenvalue weighted by Crippen LogP contribution is 2.27. The highest BCUT2D eigenvalue weighted by molar-refractivity contribution is 6.35. The van der Waals surface area contributed by atoms with Crippen LogP contribution in [0.4, 0.5) is 0 Å². The molecule has 4 heteroatoms. The third-order valence-electron chi connectivity index (χ3n) is 1.98. The van der Waals surface area contributed by atoms with Crippen LogP contribution in [0.25, 0.3) is 0 Å². The van der Waals surface area contributed by atoms with E-state index >= 15 is 0 Å². The number of benzene rings is 1. The first-order valence-electron chi connectivity index (χ1n) is 4.31. The van der Waals surface area contributed by atoms with Crippen LogP contribution in [0.2, 0.25) is 10.0 Å². The van der Waals surface area contributed by atoms with E-state index in [0.717, 1.165) is 12.1 Å². The fraction of sp³-hybridized carbons (Fsp3) is 0.400. The van der Waals surface area contributed by atoms with Gasteiger partial charge < -0.3 is 10.1 Å². The number of methoxy groups -OCH3 is 1. The molecule has 14 heavy (non-hydrogen) atoms. The minimum atomic E-state index is -0.0373. The maximum atomic E-state index is 6.05. The second kappa shape index (κ2) is 5.56. The standard InChI is InChI=1S/C10H13Cl2NO/c1-13-6-10(14-2)8-4-3-7(11)5-9(8)12/h3-5,10,13H,6H2,1-2H3. The van der Waals surface area contributed by atoms with E-state index in [1.165, 1.54) is 0 Å². The third kappa shape index (κ3) is 2.85. The number of halogens is 2. The molecule has 0 aliphatic rings. The van der Waals surface area contributed by atoms with Crippen LogP contribution in [0.1, 0.15) is 11.7 Å². The third-order valence-corrected chi connectivity index (χ3v) is 2.55. The summed E-state index contributed by atoms with van der Waals surface area (Å²) in [7, 11) is 3.53. The van der Waals surface area contributed by atoms with Gasteiger partial charge in [-0.15, -0.1) is 0 Å². The van der Waals surface area contributed by atoms with E-state index in [-0.39, 0.29) is 6.10 Å². The summed E-state index contributed by atoms with van der Waals surface area (Å²) < 4.78 is 5.31. The summed E-state index contributed by atoms with van der Waals surface area (Å²) in [6, 6.07) is 5.42. The lowest BCUT2D eigenvalue weighted by Crippen LogP contribution is -2.18.